The highest BCUT2D eigenvalue weighted by Gasteiger charge is 2.26. The van der Waals surface area contributed by atoms with Gasteiger partial charge in [-0.1, -0.05) is 12.1 Å². The van der Waals surface area contributed by atoms with E-state index in [1.807, 2.05) is 24.3 Å². The predicted molar refractivity (Wildman–Crippen MR) is 74.1 cm³/mol. The molecule has 1 aromatic rings. The van der Waals surface area contributed by atoms with Gasteiger partial charge in [0.05, 0.1) is 12.6 Å². The largest absolute Gasteiger partial charge is 0.491 e. The fourth-order valence-corrected chi connectivity index (χ4v) is 2.39. The zero-order chi connectivity index (χ0) is 14.4. The Morgan fingerprint density at radius 2 is 2.35 bits per heavy atom. The fourth-order valence-electron chi connectivity index (χ4n) is 2.39. The molecule has 1 aromatic carbocycles. The lowest BCUT2D eigenvalue weighted by atomic mass is 10.0. The van der Waals surface area contributed by atoms with Crippen LogP contribution in [0.2, 0.25) is 0 Å². The maximum atomic E-state index is 11.2. The van der Waals surface area contributed by atoms with Gasteiger partial charge in [0.25, 0.3) is 0 Å². The molecule has 1 aliphatic heterocycles. The third kappa shape index (κ3) is 3.85. The molecule has 0 spiro atoms. The number of carbonyl (C=O) groups is 1. The molecule has 1 fully saturated rings. The first kappa shape index (κ1) is 14.6. The zero-order valence-corrected chi connectivity index (χ0v) is 11.3. The first-order valence-corrected chi connectivity index (χ1v) is 6.73. The Bertz CT molecular complexity index is 453. The van der Waals surface area contributed by atoms with Crippen LogP contribution in [0.5, 0.6) is 5.75 Å². The standard InChI is InChI=1S/C14H20N2O4/c17-6-7-20-13-3-1-2-11(9-13)8-12-10-15-4-5-16(12)14(18)19/h1-3,9,12,15,17H,4-8,10H2,(H,18,19). The topological polar surface area (TPSA) is 82.0 Å². The number of benzene rings is 1. The van der Waals surface area contributed by atoms with Gasteiger partial charge in [-0.2, -0.15) is 0 Å². The molecule has 1 heterocycles. The summed E-state index contributed by atoms with van der Waals surface area (Å²) in [6, 6.07) is 7.50. The highest BCUT2D eigenvalue weighted by atomic mass is 16.5. The monoisotopic (exact) mass is 280 g/mol. The Morgan fingerprint density at radius 3 is 3.10 bits per heavy atom. The third-order valence-corrected chi connectivity index (χ3v) is 3.33. The van der Waals surface area contributed by atoms with Gasteiger partial charge >= 0.3 is 6.09 Å². The molecule has 1 saturated heterocycles. The van der Waals surface area contributed by atoms with Crippen molar-refractivity contribution in [3.8, 4) is 5.75 Å². The number of rotatable bonds is 5. The third-order valence-electron chi connectivity index (χ3n) is 3.33. The molecule has 0 aromatic heterocycles. The Labute approximate surface area is 118 Å². The van der Waals surface area contributed by atoms with Gasteiger partial charge in [0.2, 0.25) is 0 Å². The molecule has 3 N–H and O–H groups in total. The molecule has 0 aliphatic carbocycles. The quantitative estimate of drug-likeness (QED) is 0.734. The predicted octanol–water partition coefficient (Wildman–Crippen LogP) is 0.552. The van der Waals surface area contributed by atoms with Gasteiger partial charge in [0, 0.05) is 19.6 Å². The molecule has 110 valence electrons. The molecule has 2 rings (SSSR count). The van der Waals surface area contributed by atoms with Gasteiger partial charge in [-0.15, -0.1) is 0 Å². The molecule has 0 saturated carbocycles. The lowest BCUT2D eigenvalue weighted by Gasteiger charge is -2.34. The van der Waals surface area contributed by atoms with Crippen molar-refractivity contribution in [2.24, 2.45) is 0 Å². The normalized spacial score (nSPS) is 18.9. The second-order valence-electron chi connectivity index (χ2n) is 4.76. The summed E-state index contributed by atoms with van der Waals surface area (Å²) >= 11 is 0. The van der Waals surface area contributed by atoms with Crippen LogP contribution in [0.15, 0.2) is 24.3 Å². The van der Waals surface area contributed by atoms with Gasteiger partial charge in [0.1, 0.15) is 12.4 Å². The Morgan fingerprint density at radius 1 is 1.50 bits per heavy atom. The van der Waals surface area contributed by atoms with Gasteiger partial charge in [0.15, 0.2) is 0 Å². The highest BCUT2D eigenvalue weighted by Crippen LogP contribution is 2.17. The summed E-state index contributed by atoms with van der Waals surface area (Å²) in [5, 5.41) is 21.2. The first-order valence-electron chi connectivity index (χ1n) is 6.73. The van der Waals surface area contributed by atoms with E-state index in [1.165, 1.54) is 4.90 Å². The number of nitrogens with zero attached hydrogens (tertiary/aromatic N) is 1. The Kier molecular flexibility index (Phi) is 5.20. The molecule has 1 amide bonds. The molecule has 1 aliphatic rings. The average molecular weight is 280 g/mol. The minimum atomic E-state index is -0.871. The number of nitrogens with one attached hydrogen (secondary N) is 1. The van der Waals surface area contributed by atoms with Crippen molar-refractivity contribution in [3.63, 3.8) is 0 Å². The summed E-state index contributed by atoms with van der Waals surface area (Å²) in [5.74, 6) is 0.696. The maximum absolute atomic E-state index is 11.2. The number of hydrogen-bond donors (Lipinski definition) is 3. The van der Waals surface area contributed by atoms with Gasteiger partial charge in [-0.3, -0.25) is 0 Å². The number of ether oxygens (including phenoxy) is 1. The van der Waals surface area contributed by atoms with Crippen LogP contribution in [0, 0.1) is 0 Å². The lowest BCUT2D eigenvalue weighted by molar-refractivity contribution is 0.112. The second-order valence-corrected chi connectivity index (χ2v) is 4.76. The van der Waals surface area contributed by atoms with Crippen molar-refractivity contribution in [1.82, 2.24) is 10.2 Å². The van der Waals surface area contributed by atoms with E-state index in [2.05, 4.69) is 5.32 Å². The van der Waals surface area contributed by atoms with Crippen LogP contribution in [0.25, 0.3) is 0 Å². The number of aliphatic hydroxyl groups excluding tert-OH is 1. The summed E-state index contributed by atoms with van der Waals surface area (Å²) in [7, 11) is 0. The molecular weight excluding hydrogens is 260 g/mol. The van der Waals surface area contributed by atoms with E-state index in [0.717, 1.165) is 5.56 Å². The first-order chi connectivity index (χ1) is 9.70. The van der Waals surface area contributed by atoms with Crippen molar-refractivity contribution in [2.45, 2.75) is 12.5 Å². The number of aliphatic hydroxyl groups is 1. The van der Waals surface area contributed by atoms with Crippen LogP contribution < -0.4 is 10.1 Å². The maximum Gasteiger partial charge on any atom is 0.407 e. The van der Waals surface area contributed by atoms with E-state index in [0.29, 0.717) is 31.8 Å². The fraction of sp³-hybridized carbons (Fsp3) is 0.500. The summed E-state index contributed by atoms with van der Waals surface area (Å²) in [6.45, 7) is 2.11. The lowest BCUT2D eigenvalue weighted by Crippen LogP contribution is -2.54. The highest BCUT2D eigenvalue weighted by molar-refractivity contribution is 5.65. The molecule has 20 heavy (non-hydrogen) atoms. The number of carboxylic acid groups (broad SMARTS) is 1. The van der Waals surface area contributed by atoms with Crippen molar-refractivity contribution in [3.05, 3.63) is 29.8 Å². The van der Waals surface area contributed by atoms with Gasteiger partial charge in [-0.05, 0) is 24.1 Å². The van der Waals surface area contributed by atoms with Crippen LogP contribution >= 0.6 is 0 Å². The van der Waals surface area contributed by atoms with Gasteiger partial charge in [-0.25, -0.2) is 4.79 Å². The van der Waals surface area contributed by atoms with Gasteiger partial charge < -0.3 is 25.2 Å². The van der Waals surface area contributed by atoms with E-state index in [4.69, 9.17) is 9.84 Å². The number of hydrogen-bond acceptors (Lipinski definition) is 4. The molecular formula is C14H20N2O4. The Balaban J connectivity index is 2.02. The minimum Gasteiger partial charge on any atom is -0.491 e. The number of amides is 1. The second kappa shape index (κ2) is 7.12. The van der Waals surface area contributed by atoms with E-state index in [1.54, 1.807) is 0 Å². The van der Waals surface area contributed by atoms with E-state index in [9.17, 15) is 9.90 Å². The van der Waals surface area contributed by atoms with Crippen LogP contribution in [-0.4, -0.2) is 60.1 Å². The summed E-state index contributed by atoms with van der Waals surface area (Å²) < 4.78 is 5.36. The molecule has 1 unspecified atom stereocenters. The summed E-state index contributed by atoms with van der Waals surface area (Å²) in [6.07, 6.45) is -0.223. The molecule has 0 radical (unpaired) electrons. The SMILES string of the molecule is O=C(O)N1CCNCC1Cc1cccc(OCCO)c1. The minimum absolute atomic E-state index is 0.0242. The molecule has 1 atom stereocenters. The van der Waals surface area contributed by atoms with E-state index < -0.39 is 6.09 Å². The molecule has 6 heteroatoms. The van der Waals surface area contributed by atoms with E-state index >= 15 is 0 Å². The van der Waals surface area contributed by atoms with Crippen molar-refractivity contribution < 1.29 is 19.7 Å². The van der Waals surface area contributed by atoms with Crippen molar-refractivity contribution in [2.75, 3.05) is 32.8 Å². The van der Waals surface area contributed by atoms with Crippen LogP contribution in [-0.2, 0) is 6.42 Å². The van der Waals surface area contributed by atoms with Crippen molar-refractivity contribution in [1.29, 1.82) is 0 Å². The average Bonchev–Trinajstić information content (AvgIpc) is 2.46. The Hall–Kier alpha value is -1.79. The van der Waals surface area contributed by atoms with Crippen LogP contribution in [0.3, 0.4) is 0 Å². The van der Waals surface area contributed by atoms with Crippen LogP contribution in [0.4, 0.5) is 4.79 Å². The van der Waals surface area contributed by atoms with Crippen LogP contribution in [0.1, 0.15) is 5.56 Å². The van der Waals surface area contributed by atoms with E-state index in [-0.39, 0.29) is 19.3 Å². The smallest absolute Gasteiger partial charge is 0.407 e. The zero-order valence-electron chi connectivity index (χ0n) is 11.3. The summed E-state index contributed by atoms with van der Waals surface area (Å²) in [4.78, 5) is 12.7. The van der Waals surface area contributed by atoms with Crippen molar-refractivity contribution >= 4 is 6.09 Å². The molecule has 6 nitrogen and oxygen atoms in total. The summed E-state index contributed by atoms with van der Waals surface area (Å²) in [5.41, 5.74) is 1.03. The number of piperazine rings is 1. The molecule has 0 bridgehead atoms.